The fraction of sp³-hybridized carbons (Fsp3) is 0. The Morgan fingerprint density at radius 3 is 2.75 bits per heavy atom. The minimum atomic E-state index is -1.07. The summed E-state index contributed by atoms with van der Waals surface area (Å²) in [6.45, 7) is 0. The van der Waals surface area contributed by atoms with Crippen LogP contribution in [0, 0.1) is 5.82 Å². The Morgan fingerprint density at radius 2 is 2.17 bits per heavy atom. The summed E-state index contributed by atoms with van der Waals surface area (Å²) in [5.41, 5.74) is 10.3. The van der Waals surface area contributed by atoms with Gasteiger partial charge in [0.2, 0.25) is 0 Å². The standard InChI is InChI=1S/C7H7FN2O2/c8-5-2-1-4(9)3-6(5)12-7(10)11/h1-3H,9H2,(H2,10,11). The van der Waals surface area contributed by atoms with Crippen LogP contribution in [-0.4, -0.2) is 6.09 Å². The molecule has 1 amide bonds. The number of hydrogen-bond donors (Lipinski definition) is 2. The highest BCUT2D eigenvalue weighted by atomic mass is 19.1. The molecule has 0 heterocycles. The van der Waals surface area contributed by atoms with Crippen molar-refractivity contribution in [2.24, 2.45) is 5.73 Å². The van der Waals surface area contributed by atoms with E-state index >= 15 is 0 Å². The number of hydrogen-bond acceptors (Lipinski definition) is 3. The van der Waals surface area contributed by atoms with Crippen molar-refractivity contribution in [3.05, 3.63) is 24.0 Å². The molecule has 0 radical (unpaired) electrons. The number of amides is 1. The van der Waals surface area contributed by atoms with Gasteiger partial charge in [-0.1, -0.05) is 0 Å². The smallest absolute Gasteiger partial charge is 0.407 e. The third kappa shape index (κ3) is 1.85. The monoisotopic (exact) mass is 170 g/mol. The first kappa shape index (κ1) is 8.32. The van der Waals surface area contributed by atoms with Crippen LogP contribution in [0.4, 0.5) is 14.9 Å². The van der Waals surface area contributed by atoms with Gasteiger partial charge in [-0.15, -0.1) is 0 Å². The SMILES string of the molecule is NC(=O)Oc1cc(N)ccc1F. The van der Waals surface area contributed by atoms with Crippen LogP contribution in [0.3, 0.4) is 0 Å². The van der Waals surface area contributed by atoms with E-state index in [1.54, 1.807) is 0 Å². The lowest BCUT2D eigenvalue weighted by atomic mass is 10.3. The van der Waals surface area contributed by atoms with Crippen molar-refractivity contribution in [1.82, 2.24) is 0 Å². The summed E-state index contributed by atoms with van der Waals surface area (Å²) in [7, 11) is 0. The Labute approximate surface area is 67.9 Å². The van der Waals surface area contributed by atoms with Gasteiger partial charge >= 0.3 is 6.09 Å². The van der Waals surface area contributed by atoms with E-state index in [0.717, 1.165) is 6.07 Å². The molecule has 5 heteroatoms. The normalized spacial score (nSPS) is 9.42. The number of nitrogens with two attached hydrogens (primary N) is 2. The summed E-state index contributed by atoms with van der Waals surface area (Å²) < 4.78 is 17.1. The third-order valence-electron chi connectivity index (χ3n) is 1.17. The number of carbonyl (C=O) groups excluding carboxylic acids is 1. The van der Waals surface area contributed by atoms with Crippen molar-refractivity contribution in [3.63, 3.8) is 0 Å². The molecule has 0 fully saturated rings. The molecule has 1 aromatic carbocycles. The maximum Gasteiger partial charge on any atom is 0.410 e. The molecule has 4 N–H and O–H groups in total. The van der Waals surface area contributed by atoms with Gasteiger partial charge < -0.3 is 16.2 Å². The number of anilines is 1. The van der Waals surface area contributed by atoms with Gasteiger partial charge in [0.25, 0.3) is 0 Å². The topological polar surface area (TPSA) is 78.3 Å². The second kappa shape index (κ2) is 3.08. The minimum absolute atomic E-state index is 0.262. The molecule has 0 spiro atoms. The summed E-state index contributed by atoms with van der Waals surface area (Å²) in [4.78, 5) is 10.2. The Balaban J connectivity index is 2.97. The summed E-state index contributed by atoms with van der Waals surface area (Å²) in [6.07, 6.45) is -1.07. The molecule has 0 atom stereocenters. The third-order valence-corrected chi connectivity index (χ3v) is 1.17. The van der Waals surface area contributed by atoms with E-state index < -0.39 is 11.9 Å². The minimum Gasteiger partial charge on any atom is -0.407 e. The predicted octanol–water partition coefficient (Wildman–Crippen LogP) is 0.865. The first-order valence-corrected chi connectivity index (χ1v) is 3.12. The molecule has 12 heavy (non-hydrogen) atoms. The van der Waals surface area contributed by atoms with E-state index in [4.69, 9.17) is 5.73 Å². The van der Waals surface area contributed by atoms with Gasteiger partial charge in [0.05, 0.1) is 0 Å². The maximum atomic E-state index is 12.7. The van der Waals surface area contributed by atoms with Crippen molar-refractivity contribution in [3.8, 4) is 5.75 Å². The average molecular weight is 170 g/mol. The second-order valence-corrected chi connectivity index (χ2v) is 2.11. The zero-order valence-corrected chi connectivity index (χ0v) is 6.08. The van der Waals surface area contributed by atoms with Gasteiger partial charge in [-0.3, -0.25) is 0 Å². The predicted molar refractivity (Wildman–Crippen MR) is 41.0 cm³/mol. The van der Waals surface area contributed by atoms with Crippen LogP contribution < -0.4 is 16.2 Å². The Bertz CT molecular complexity index is 314. The quantitative estimate of drug-likeness (QED) is 0.613. The number of primary amides is 1. The van der Waals surface area contributed by atoms with E-state index in [9.17, 15) is 9.18 Å². The number of ether oxygens (including phenoxy) is 1. The van der Waals surface area contributed by atoms with E-state index in [0.29, 0.717) is 5.69 Å². The summed E-state index contributed by atoms with van der Waals surface area (Å²) >= 11 is 0. The average Bonchev–Trinajstić information content (AvgIpc) is 1.96. The van der Waals surface area contributed by atoms with Crippen LogP contribution in [-0.2, 0) is 0 Å². The van der Waals surface area contributed by atoms with Crippen LogP contribution in [0.5, 0.6) is 5.75 Å². The fourth-order valence-electron chi connectivity index (χ4n) is 0.707. The number of nitrogen functional groups attached to an aromatic ring is 1. The van der Waals surface area contributed by atoms with Crippen LogP contribution in [0.25, 0.3) is 0 Å². The van der Waals surface area contributed by atoms with Gasteiger partial charge in [0.1, 0.15) is 0 Å². The molecular formula is C7H7FN2O2. The van der Waals surface area contributed by atoms with E-state index in [1.807, 2.05) is 0 Å². The number of halogens is 1. The van der Waals surface area contributed by atoms with Crippen molar-refractivity contribution < 1.29 is 13.9 Å². The Morgan fingerprint density at radius 1 is 1.50 bits per heavy atom. The van der Waals surface area contributed by atoms with Crippen LogP contribution >= 0.6 is 0 Å². The highest BCUT2D eigenvalue weighted by Gasteiger charge is 2.05. The lowest BCUT2D eigenvalue weighted by molar-refractivity contribution is 0.209. The van der Waals surface area contributed by atoms with Gasteiger partial charge in [0, 0.05) is 11.8 Å². The summed E-state index contributed by atoms with van der Waals surface area (Å²) in [5.74, 6) is -0.939. The first-order valence-electron chi connectivity index (χ1n) is 3.12. The number of benzene rings is 1. The molecule has 0 aromatic heterocycles. The molecule has 0 bridgehead atoms. The molecule has 0 aliphatic heterocycles. The molecule has 64 valence electrons. The second-order valence-electron chi connectivity index (χ2n) is 2.11. The number of rotatable bonds is 1. The first-order chi connectivity index (χ1) is 5.59. The molecule has 0 aliphatic rings. The summed E-state index contributed by atoms with van der Waals surface area (Å²) in [5, 5.41) is 0. The van der Waals surface area contributed by atoms with Crippen LogP contribution in [0.15, 0.2) is 18.2 Å². The maximum absolute atomic E-state index is 12.7. The van der Waals surface area contributed by atoms with E-state index in [-0.39, 0.29) is 5.75 Å². The van der Waals surface area contributed by atoms with Gasteiger partial charge in [0.15, 0.2) is 11.6 Å². The number of carbonyl (C=O) groups is 1. The molecule has 0 saturated heterocycles. The molecular weight excluding hydrogens is 163 g/mol. The lowest BCUT2D eigenvalue weighted by Crippen LogP contribution is -2.17. The van der Waals surface area contributed by atoms with Gasteiger partial charge in [-0.05, 0) is 12.1 Å². The zero-order valence-electron chi connectivity index (χ0n) is 6.08. The van der Waals surface area contributed by atoms with Crippen molar-refractivity contribution in [1.29, 1.82) is 0 Å². The molecule has 4 nitrogen and oxygen atoms in total. The fourth-order valence-corrected chi connectivity index (χ4v) is 0.707. The van der Waals surface area contributed by atoms with E-state index in [1.165, 1.54) is 12.1 Å². The van der Waals surface area contributed by atoms with Crippen molar-refractivity contribution >= 4 is 11.8 Å². The summed E-state index contributed by atoms with van der Waals surface area (Å²) in [6, 6.07) is 3.62. The highest BCUT2D eigenvalue weighted by molar-refractivity contribution is 5.68. The zero-order chi connectivity index (χ0) is 9.14. The van der Waals surface area contributed by atoms with Crippen molar-refractivity contribution in [2.45, 2.75) is 0 Å². The van der Waals surface area contributed by atoms with Crippen molar-refractivity contribution in [2.75, 3.05) is 5.73 Å². The molecule has 0 unspecified atom stereocenters. The van der Waals surface area contributed by atoms with Crippen LogP contribution in [0.2, 0.25) is 0 Å². The van der Waals surface area contributed by atoms with E-state index in [2.05, 4.69) is 10.5 Å². The highest BCUT2D eigenvalue weighted by Crippen LogP contribution is 2.19. The van der Waals surface area contributed by atoms with Crippen LogP contribution in [0.1, 0.15) is 0 Å². The Kier molecular flexibility index (Phi) is 2.14. The lowest BCUT2D eigenvalue weighted by Gasteiger charge is -2.02. The molecule has 1 rings (SSSR count). The van der Waals surface area contributed by atoms with Gasteiger partial charge in [-0.25, -0.2) is 9.18 Å². The molecule has 0 saturated carbocycles. The van der Waals surface area contributed by atoms with Gasteiger partial charge in [-0.2, -0.15) is 0 Å². The molecule has 0 aliphatic carbocycles. The Hall–Kier alpha value is -1.78. The molecule has 1 aromatic rings. The largest absolute Gasteiger partial charge is 0.410 e.